The van der Waals surface area contributed by atoms with Crippen molar-refractivity contribution in [1.82, 2.24) is 0 Å². The predicted octanol–water partition coefficient (Wildman–Crippen LogP) is 18.6. The van der Waals surface area contributed by atoms with Crippen LogP contribution in [-0.4, -0.2) is 0 Å². The molecule has 0 saturated heterocycles. The van der Waals surface area contributed by atoms with Crippen molar-refractivity contribution >= 4 is 48.6 Å². The van der Waals surface area contributed by atoms with Crippen LogP contribution in [-0.2, 0) is 5.41 Å². The van der Waals surface area contributed by atoms with Gasteiger partial charge in [-0.1, -0.05) is 206 Å². The Morgan fingerprint density at radius 3 is 1.69 bits per heavy atom. The minimum absolute atomic E-state index is 0.639. The highest BCUT2D eigenvalue weighted by Crippen LogP contribution is 2.64. The Labute approximate surface area is 410 Å². The second-order valence-electron chi connectivity index (χ2n) is 18.6. The molecule has 0 bridgehead atoms. The first-order valence-corrected chi connectivity index (χ1v) is 24.9. The van der Waals surface area contributed by atoms with Crippen LogP contribution in [0.4, 0.5) is 17.1 Å². The first-order chi connectivity index (χ1) is 34.8. The molecule has 326 valence electrons. The second-order valence-corrected chi connectivity index (χ2v) is 19.7. The Morgan fingerprint density at radius 2 is 0.886 bits per heavy atom. The minimum atomic E-state index is -0.639. The van der Waals surface area contributed by atoms with Gasteiger partial charge in [0.05, 0.1) is 16.8 Å². The van der Waals surface area contributed by atoms with Crippen molar-refractivity contribution in [1.29, 1.82) is 0 Å². The zero-order valence-electron chi connectivity index (χ0n) is 37.9. The number of benzene rings is 11. The molecule has 1 unspecified atom stereocenters. The first-order valence-electron chi connectivity index (χ1n) is 24.1. The van der Waals surface area contributed by atoms with Gasteiger partial charge in [0.1, 0.15) is 5.75 Å². The monoisotopic (exact) mass is 907 g/mol. The standard InChI is InChI=1S/C67H41NOS/c1-2-19-42(20-3-1)44-21-10-15-33-59(44)68(60-34-18-30-51-47-24-6-5-23-46(47)50-27-11-16-35-61(50)69-66(51)60)43-37-38-57-54(41-43)48-25-7-4-22-45(48)49-26-8-13-31-55(49)67(57)56-32-14-9-28-52(56)64-58(67)39-40-63-65(64)53-29-12-17-36-62(53)70-63/h1-41H. The van der Waals surface area contributed by atoms with Gasteiger partial charge in [0.25, 0.3) is 0 Å². The molecule has 3 heteroatoms. The number of para-hydroxylation sites is 3. The SMILES string of the molecule is c1ccc(-c2ccccc2N(c2ccc3c(c2)-c2ccccc2-c2ccccc2C32c3ccccc3-c3c2ccc2sc4ccccc4c32)c2cccc3c2Oc2ccccc2-c2ccccc2-3)cc1. The van der Waals surface area contributed by atoms with E-state index < -0.39 is 5.41 Å². The highest BCUT2D eigenvalue weighted by molar-refractivity contribution is 7.26. The van der Waals surface area contributed by atoms with Gasteiger partial charge in [-0.05, 0) is 115 Å². The zero-order chi connectivity index (χ0) is 45.9. The summed E-state index contributed by atoms with van der Waals surface area (Å²) in [6.07, 6.45) is 0. The van der Waals surface area contributed by atoms with Crippen LogP contribution in [0.1, 0.15) is 22.3 Å². The third-order valence-electron chi connectivity index (χ3n) is 15.1. The average Bonchev–Trinajstić information content (AvgIpc) is 3.87. The number of anilines is 3. The highest BCUT2D eigenvalue weighted by Gasteiger charge is 2.50. The lowest BCUT2D eigenvalue weighted by Gasteiger charge is -2.36. The molecule has 0 N–H and O–H groups in total. The van der Waals surface area contributed by atoms with Gasteiger partial charge in [-0.25, -0.2) is 0 Å². The number of rotatable bonds is 4. The summed E-state index contributed by atoms with van der Waals surface area (Å²) in [6.45, 7) is 0. The lowest BCUT2D eigenvalue weighted by atomic mass is 9.66. The van der Waals surface area contributed by atoms with Crippen molar-refractivity contribution in [2.75, 3.05) is 4.90 Å². The van der Waals surface area contributed by atoms with E-state index in [-0.39, 0.29) is 0 Å². The van der Waals surface area contributed by atoms with Crippen LogP contribution in [0.15, 0.2) is 249 Å². The summed E-state index contributed by atoms with van der Waals surface area (Å²) in [5, 5.41) is 2.66. The van der Waals surface area contributed by atoms with E-state index in [9.17, 15) is 0 Å². The summed E-state index contributed by atoms with van der Waals surface area (Å²) in [4.78, 5) is 2.45. The maximum atomic E-state index is 7.29. The lowest BCUT2D eigenvalue weighted by Crippen LogP contribution is -2.29. The van der Waals surface area contributed by atoms with E-state index in [0.717, 1.165) is 61.9 Å². The second kappa shape index (κ2) is 15.1. The number of ether oxygens (including phenoxy) is 1. The summed E-state index contributed by atoms with van der Waals surface area (Å²) >= 11 is 1.89. The first kappa shape index (κ1) is 39.3. The fraction of sp³-hybridized carbons (Fsp3) is 0.0149. The van der Waals surface area contributed by atoms with Crippen molar-refractivity contribution in [3.05, 3.63) is 271 Å². The van der Waals surface area contributed by atoms with Gasteiger partial charge in [-0.2, -0.15) is 0 Å². The highest BCUT2D eigenvalue weighted by atomic mass is 32.1. The Bertz CT molecular complexity index is 4130. The van der Waals surface area contributed by atoms with Crippen LogP contribution in [0, 0.1) is 0 Å². The van der Waals surface area contributed by atoms with Crippen molar-refractivity contribution in [3.63, 3.8) is 0 Å². The van der Waals surface area contributed by atoms with Gasteiger partial charge in [0, 0.05) is 42.6 Å². The quantitative estimate of drug-likeness (QED) is 0.174. The van der Waals surface area contributed by atoms with Crippen LogP contribution in [0.25, 0.3) is 86.9 Å². The van der Waals surface area contributed by atoms with E-state index in [1.807, 2.05) is 11.3 Å². The molecule has 12 aromatic rings. The van der Waals surface area contributed by atoms with Crippen molar-refractivity contribution in [2.45, 2.75) is 5.41 Å². The molecule has 1 spiro atoms. The number of thiophene rings is 1. The van der Waals surface area contributed by atoms with Gasteiger partial charge in [0.15, 0.2) is 5.75 Å². The van der Waals surface area contributed by atoms with Gasteiger partial charge < -0.3 is 9.64 Å². The molecule has 15 rings (SSSR count). The molecular weight excluding hydrogens is 867 g/mol. The van der Waals surface area contributed by atoms with Crippen molar-refractivity contribution in [2.24, 2.45) is 0 Å². The third kappa shape index (κ3) is 5.44. The van der Waals surface area contributed by atoms with Gasteiger partial charge in [0.2, 0.25) is 0 Å². The molecule has 70 heavy (non-hydrogen) atoms. The molecule has 2 heterocycles. The molecule has 1 aliphatic heterocycles. The number of fused-ring (bicyclic) bond motifs is 21. The van der Waals surface area contributed by atoms with Gasteiger partial charge >= 0.3 is 0 Å². The number of hydrogen-bond donors (Lipinski definition) is 0. The fourth-order valence-corrected chi connectivity index (χ4v) is 13.4. The van der Waals surface area contributed by atoms with Crippen molar-refractivity contribution < 1.29 is 4.74 Å². The Morgan fingerprint density at radius 1 is 0.343 bits per heavy atom. The number of nitrogens with zero attached hydrogens (tertiary/aromatic N) is 1. The predicted molar refractivity (Wildman–Crippen MR) is 292 cm³/mol. The van der Waals surface area contributed by atoms with Crippen LogP contribution >= 0.6 is 11.3 Å². The summed E-state index contributed by atoms with van der Waals surface area (Å²) in [5.74, 6) is 1.65. The largest absolute Gasteiger partial charge is 0.454 e. The lowest BCUT2D eigenvalue weighted by molar-refractivity contribution is 0.489. The molecule has 0 amide bonds. The molecule has 11 aromatic carbocycles. The molecule has 0 saturated carbocycles. The molecule has 0 fully saturated rings. The average molecular weight is 908 g/mol. The molecule has 0 radical (unpaired) electrons. The normalized spacial score (nSPS) is 14.5. The van der Waals surface area contributed by atoms with Gasteiger partial charge in [-0.3, -0.25) is 0 Å². The van der Waals surface area contributed by atoms with Crippen LogP contribution in [0.3, 0.4) is 0 Å². The minimum Gasteiger partial charge on any atom is -0.454 e. The number of hydrogen-bond acceptors (Lipinski definition) is 3. The topological polar surface area (TPSA) is 12.5 Å². The van der Waals surface area contributed by atoms with Crippen LogP contribution < -0.4 is 9.64 Å². The molecular formula is C67H41NOS. The van der Waals surface area contributed by atoms with Crippen LogP contribution in [0.2, 0.25) is 0 Å². The Hall–Kier alpha value is -8.76. The molecule has 2 nitrogen and oxygen atoms in total. The Balaban J connectivity index is 1.06. The van der Waals surface area contributed by atoms with Crippen molar-refractivity contribution in [3.8, 4) is 78.3 Å². The zero-order valence-corrected chi connectivity index (χ0v) is 38.8. The third-order valence-corrected chi connectivity index (χ3v) is 16.3. The smallest absolute Gasteiger partial charge is 0.159 e. The summed E-state index contributed by atoms with van der Waals surface area (Å²) in [6, 6.07) is 91.9. The van der Waals surface area contributed by atoms with E-state index >= 15 is 0 Å². The van der Waals surface area contributed by atoms with E-state index in [4.69, 9.17) is 4.74 Å². The van der Waals surface area contributed by atoms with Crippen LogP contribution in [0.5, 0.6) is 11.5 Å². The van der Waals surface area contributed by atoms with E-state index in [1.165, 1.54) is 75.8 Å². The van der Waals surface area contributed by atoms with E-state index in [2.05, 4.69) is 254 Å². The molecule has 1 aromatic heterocycles. The molecule has 3 aliphatic rings. The molecule has 2 aliphatic carbocycles. The maximum absolute atomic E-state index is 7.29. The summed E-state index contributed by atoms with van der Waals surface area (Å²) in [7, 11) is 0. The van der Waals surface area contributed by atoms with E-state index in [0.29, 0.717) is 0 Å². The Kier molecular flexibility index (Phi) is 8.48. The summed E-state index contributed by atoms with van der Waals surface area (Å²) < 4.78 is 9.92. The van der Waals surface area contributed by atoms with E-state index in [1.54, 1.807) is 0 Å². The maximum Gasteiger partial charge on any atom is 0.159 e. The van der Waals surface area contributed by atoms with Gasteiger partial charge in [-0.15, -0.1) is 11.3 Å². The summed E-state index contributed by atoms with van der Waals surface area (Å²) in [5.41, 5.74) is 21.8. The fourth-order valence-electron chi connectivity index (χ4n) is 12.3. The molecule has 1 atom stereocenters.